The predicted molar refractivity (Wildman–Crippen MR) is 62.3 cm³/mol. The van der Waals surface area contributed by atoms with Crippen molar-refractivity contribution in [1.82, 2.24) is 10.6 Å². The first kappa shape index (κ1) is 15.4. The molecule has 0 saturated heterocycles. The minimum Gasteiger partial charge on any atom is -0.480 e. The van der Waals surface area contributed by atoms with Crippen LogP contribution in [0.15, 0.2) is 0 Å². The van der Waals surface area contributed by atoms with Crippen LogP contribution in [0.1, 0.15) is 34.1 Å². The molecule has 0 aliphatic heterocycles. The molecule has 0 aromatic heterocycles. The van der Waals surface area contributed by atoms with Crippen molar-refractivity contribution in [2.24, 2.45) is 5.92 Å². The fraction of sp³-hybridized carbons (Fsp3) is 0.727. The lowest BCUT2D eigenvalue weighted by atomic mass is 10.0. The molecule has 0 aliphatic carbocycles. The van der Waals surface area contributed by atoms with Crippen molar-refractivity contribution in [1.29, 1.82) is 0 Å². The van der Waals surface area contributed by atoms with Crippen LogP contribution in [0, 0.1) is 5.92 Å². The van der Waals surface area contributed by atoms with Crippen LogP contribution in [0.4, 0.5) is 0 Å². The van der Waals surface area contributed by atoms with E-state index in [0.29, 0.717) is 6.42 Å². The first-order valence-corrected chi connectivity index (χ1v) is 5.54. The lowest BCUT2D eigenvalue weighted by Crippen LogP contribution is -2.50. The molecule has 98 valence electrons. The van der Waals surface area contributed by atoms with Crippen molar-refractivity contribution in [3.8, 4) is 0 Å². The summed E-state index contributed by atoms with van der Waals surface area (Å²) in [4.78, 5) is 33.2. The Labute approximate surface area is 101 Å². The van der Waals surface area contributed by atoms with Crippen LogP contribution >= 0.6 is 0 Å². The van der Waals surface area contributed by atoms with E-state index in [2.05, 4.69) is 10.6 Å². The molecule has 0 radical (unpaired) electrons. The Balaban J connectivity index is 4.39. The van der Waals surface area contributed by atoms with Crippen molar-refractivity contribution >= 4 is 17.8 Å². The Morgan fingerprint density at radius 1 is 1.12 bits per heavy atom. The SMILES string of the molecule is CC(=O)NC(C)C(=O)NC(CC(C)C)C(=O)O. The summed E-state index contributed by atoms with van der Waals surface area (Å²) in [5, 5.41) is 13.7. The molecule has 0 fully saturated rings. The second-order valence-corrected chi connectivity index (χ2v) is 4.45. The molecule has 2 amide bonds. The van der Waals surface area contributed by atoms with Crippen LogP contribution in [0.3, 0.4) is 0 Å². The summed E-state index contributed by atoms with van der Waals surface area (Å²) in [6.07, 6.45) is 0.355. The van der Waals surface area contributed by atoms with Gasteiger partial charge in [0.1, 0.15) is 12.1 Å². The first-order chi connectivity index (χ1) is 7.73. The van der Waals surface area contributed by atoms with Gasteiger partial charge in [-0.3, -0.25) is 9.59 Å². The fourth-order valence-electron chi connectivity index (χ4n) is 1.36. The van der Waals surface area contributed by atoms with Crippen LogP contribution in [-0.4, -0.2) is 35.0 Å². The van der Waals surface area contributed by atoms with E-state index in [9.17, 15) is 14.4 Å². The van der Waals surface area contributed by atoms with Gasteiger partial charge in [-0.25, -0.2) is 4.79 Å². The quantitative estimate of drug-likeness (QED) is 0.618. The lowest BCUT2D eigenvalue weighted by molar-refractivity contribution is -0.142. The van der Waals surface area contributed by atoms with Crippen molar-refractivity contribution in [2.45, 2.75) is 46.2 Å². The van der Waals surface area contributed by atoms with E-state index in [0.717, 1.165) is 0 Å². The minimum absolute atomic E-state index is 0.160. The molecular formula is C11H20N2O4. The van der Waals surface area contributed by atoms with Gasteiger partial charge in [-0.1, -0.05) is 13.8 Å². The van der Waals surface area contributed by atoms with Gasteiger partial charge in [0.05, 0.1) is 0 Å². The summed E-state index contributed by atoms with van der Waals surface area (Å²) >= 11 is 0. The number of amides is 2. The Bertz CT molecular complexity index is 302. The van der Waals surface area contributed by atoms with Crippen molar-refractivity contribution in [3.63, 3.8) is 0 Å². The predicted octanol–water partition coefficient (Wildman–Crippen LogP) is 0.127. The van der Waals surface area contributed by atoms with Gasteiger partial charge in [-0.15, -0.1) is 0 Å². The van der Waals surface area contributed by atoms with Crippen LogP contribution in [-0.2, 0) is 14.4 Å². The van der Waals surface area contributed by atoms with Gasteiger partial charge >= 0.3 is 5.97 Å². The van der Waals surface area contributed by atoms with Gasteiger partial charge in [0.25, 0.3) is 0 Å². The molecule has 0 spiro atoms. The molecule has 0 bridgehead atoms. The largest absolute Gasteiger partial charge is 0.480 e. The van der Waals surface area contributed by atoms with Gasteiger partial charge in [0, 0.05) is 6.92 Å². The van der Waals surface area contributed by atoms with E-state index in [1.807, 2.05) is 13.8 Å². The topological polar surface area (TPSA) is 95.5 Å². The Morgan fingerprint density at radius 2 is 1.65 bits per heavy atom. The van der Waals surface area contributed by atoms with E-state index in [4.69, 9.17) is 5.11 Å². The van der Waals surface area contributed by atoms with Crippen molar-refractivity contribution in [3.05, 3.63) is 0 Å². The molecule has 0 rings (SSSR count). The Hall–Kier alpha value is -1.59. The zero-order valence-corrected chi connectivity index (χ0v) is 10.6. The average Bonchev–Trinajstić information content (AvgIpc) is 2.14. The monoisotopic (exact) mass is 244 g/mol. The maximum Gasteiger partial charge on any atom is 0.326 e. The number of carbonyl (C=O) groups is 3. The maximum atomic E-state index is 11.6. The number of hydrogen-bond donors (Lipinski definition) is 3. The summed E-state index contributed by atoms with van der Waals surface area (Å²) in [5.74, 6) is -1.73. The summed E-state index contributed by atoms with van der Waals surface area (Å²) < 4.78 is 0. The molecule has 0 heterocycles. The van der Waals surface area contributed by atoms with E-state index < -0.39 is 24.0 Å². The maximum absolute atomic E-state index is 11.6. The molecule has 0 aromatic rings. The van der Waals surface area contributed by atoms with E-state index in [1.54, 1.807) is 0 Å². The molecule has 0 aliphatic rings. The van der Waals surface area contributed by atoms with Gasteiger partial charge in [-0.2, -0.15) is 0 Å². The molecule has 3 N–H and O–H groups in total. The van der Waals surface area contributed by atoms with Crippen molar-refractivity contribution in [2.75, 3.05) is 0 Å². The van der Waals surface area contributed by atoms with Gasteiger partial charge in [-0.05, 0) is 19.3 Å². The number of carboxylic acids is 1. The lowest BCUT2D eigenvalue weighted by Gasteiger charge is -2.19. The number of aliphatic carboxylic acids is 1. The summed E-state index contributed by atoms with van der Waals surface area (Å²) in [6, 6.07) is -1.65. The zero-order chi connectivity index (χ0) is 13.6. The smallest absolute Gasteiger partial charge is 0.326 e. The third-order valence-electron chi connectivity index (χ3n) is 2.13. The van der Waals surface area contributed by atoms with E-state index in [-0.39, 0.29) is 11.8 Å². The number of hydrogen-bond acceptors (Lipinski definition) is 3. The normalized spacial score (nSPS) is 13.9. The fourth-order valence-corrected chi connectivity index (χ4v) is 1.36. The highest BCUT2D eigenvalue weighted by molar-refractivity contribution is 5.89. The Kier molecular flexibility index (Phi) is 6.23. The summed E-state index contributed by atoms with van der Waals surface area (Å²) in [5.41, 5.74) is 0. The van der Waals surface area contributed by atoms with Crippen molar-refractivity contribution < 1.29 is 19.5 Å². The molecule has 17 heavy (non-hydrogen) atoms. The minimum atomic E-state index is -1.07. The molecule has 0 aromatic carbocycles. The molecule has 2 unspecified atom stereocenters. The number of rotatable bonds is 6. The second kappa shape index (κ2) is 6.88. The summed E-state index contributed by atoms with van der Waals surface area (Å²) in [7, 11) is 0. The van der Waals surface area contributed by atoms with E-state index >= 15 is 0 Å². The van der Waals surface area contributed by atoms with Crippen LogP contribution in [0.25, 0.3) is 0 Å². The zero-order valence-electron chi connectivity index (χ0n) is 10.6. The van der Waals surface area contributed by atoms with Crippen LogP contribution < -0.4 is 10.6 Å². The number of carbonyl (C=O) groups excluding carboxylic acids is 2. The molecule has 6 heteroatoms. The number of nitrogens with one attached hydrogen (secondary N) is 2. The van der Waals surface area contributed by atoms with Crippen LogP contribution in [0.5, 0.6) is 0 Å². The molecule has 6 nitrogen and oxygen atoms in total. The highest BCUT2D eigenvalue weighted by Crippen LogP contribution is 2.05. The summed E-state index contributed by atoms with van der Waals surface area (Å²) in [6.45, 7) is 6.55. The Morgan fingerprint density at radius 3 is 2.00 bits per heavy atom. The third-order valence-corrected chi connectivity index (χ3v) is 2.13. The highest BCUT2D eigenvalue weighted by atomic mass is 16.4. The first-order valence-electron chi connectivity index (χ1n) is 5.54. The second-order valence-electron chi connectivity index (χ2n) is 4.45. The van der Waals surface area contributed by atoms with Gasteiger partial charge in [0.2, 0.25) is 11.8 Å². The molecule has 0 saturated carbocycles. The van der Waals surface area contributed by atoms with Crippen LogP contribution in [0.2, 0.25) is 0 Å². The highest BCUT2D eigenvalue weighted by Gasteiger charge is 2.23. The average molecular weight is 244 g/mol. The molecule has 2 atom stereocenters. The molecular weight excluding hydrogens is 224 g/mol. The third kappa shape index (κ3) is 6.55. The standard InChI is InChI=1S/C11H20N2O4/c1-6(2)5-9(11(16)17)13-10(15)7(3)12-8(4)14/h6-7,9H,5H2,1-4H3,(H,12,14)(H,13,15)(H,16,17). The van der Waals surface area contributed by atoms with Gasteiger partial charge < -0.3 is 15.7 Å². The van der Waals surface area contributed by atoms with E-state index in [1.165, 1.54) is 13.8 Å². The van der Waals surface area contributed by atoms with Gasteiger partial charge in [0.15, 0.2) is 0 Å². The number of carboxylic acid groups (broad SMARTS) is 1.